The molecule has 0 amide bonds. The minimum atomic E-state index is -6.56. The Balaban J connectivity index is 0.942. The van der Waals surface area contributed by atoms with Crippen molar-refractivity contribution in [1.29, 1.82) is 0 Å². The van der Waals surface area contributed by atoms with Crippen molar-refractivity contribution in [3.63, 3.8) is 0 Å². The molecule has 5 aromatic rings. The van der Waals surface area contributed by atoms with Gasteiger partial charge in [-0.05, 0) is 0 Å². The maximum Gasteiger partial charge on any atom is 0.330 e. The van der Waals surface area contributed by atoms with Crippen molar-refractivity contribution in [3.8, 4) is 0 Å². The Hall–Kier alpha value is -4.62. The number of nitrogens with one attached hydrogen (secondary N) is 3. The van der Waals surface area contributed by atoms with Gasteiger partial charge in [-0.3, -0.25) is 51.5 Å². The molecular weight excluding hydrogens is 1090 g/mol. The van der Waals surface area contributed by atoms with Gasteiger partial charge in [-0.2, -0.15) is 0 Å². The number of rotatable bonds is 21. The molecule has 0 radical (unpaired) electrons. The van der Waals surface area contributed by atoms with Gasteiger partial charge in [0.2, 0.25) is 11.7 Å². The molecule has 3 aliphatic heterocycles. The Morgan fingerprint density at radius 2 is 1.41 bits per heavy atom. The number of phosphoric acid groups is 4. The molecule has 74 heavy (non-hydrogen) atoms. The standard InChI is InChI=1S/C33H46N12O25P4/c1-35-25-17-26(37-10-36-25)44(11-38-17)31-24(61-4)23(68-71(52,53)62-7-13-19(47)20(48)29(65-13)43-6-5-16(46)39-33(43)51)15(67-31)9-64-73(56,57)70-74(58,59)69-72(54,55)63-8-14-22(60-3)21(49)30(66-14)45-12-42(2)18-27(45)40-32(34)41-28(18)50/h5-6,10-15,19-24,29-31,47-49H,7-9H2,1-4H3,(H8-,34,35,36,37,39,40,41,46,50,51,52,53,54,55,56,57,58,59)/p-3/t13-,14-,15-,19+,20?,21+,22?,23+,24?,29-,30-,31-/m1/s1. The van der Waals surface area contributed by atoms with E-state index in [1.54, 1.807) is 0 Å². The van der Waals surface area contributed by atoms with Gasteiger partial charge in [0, 0.05) is 33.5 Å². The van der Waals surface area contributed by atoms with E-state index in [4.69, 9.17) is 43.0 Å². The SMILES string of the molecule is CNc1ncnc2c1ncn2[C@@H]1O[C@H](COP(=O)([O-])OP(=O)([O-])OP(=O)([O-])OC[C@H]2O[C@@H]([n+]3cn(C)c4c(=O)[nH]c(N)nc43)[C@@H](O)C2OC)[C@H](OP(=O)([O-])OC[C@H]2O[C@@H](n3ccc(=O)[nH]c3=O)C(O)[C@H]2O)C1OC. The normalized spacial score (nSPS) is 30.6. The zero-order valence-corrected chi connectivity index (χ0v) is 41.8. The van der Waals surface area contributed by atoms with Gasteiger partial charge >= 0.3 is 11.3 Å². The van der Waals surface area contributed by atoms with Gasteiger partial charge in [-0.15, -0.1) is 0 Å². The second kappa shape index (κ2) is 21.4. The highest BCUT2D eigenvalue weighted by Gasteiger charge is 2.52. The molecule has 41 heteroatoms. The number of fused-ring (bicyclic) bond motifs is 2. The number of imidazole rings is 2. The number of aliphatic hydroxyl groups excluding tert-OH is 3. The molecule has 0 aromatic carbocycles. The Kier molecular flexibility index (Phi) is 16.1. The van der Waals surface area contributed by atoms with Gasteiger partial charge in [0.05, 0.1) is 33.2 Å². The summed E-state index contributed by atoms with van der Waals surface area (Å²) in [4.78, 5) is 109. The first-order chi connectivity index (χ1) is 34.8. The molecule has 16 atom stereocenters. The molecule has 3 fully saturated rings. The lowest BCUT2D eigenvalue weighted by Gasteiger charge is -2.35. The van der Waals surface area contributed by atoms with E-state index in [9.17, 15) is 67.5 Å². The number of nitrogens with zero attached hydrogens (tertiary/aromatic N) is 8. The van der Waals surface area contributed by atoms with Crippen LogP contribution in [-0.2, 0) is 75.7 Å². The number of ether oxygens (including phenoxy) is 5. The van der Waals surface area contributed by atoms with Crippen LogP contribution in [0.2, 0.25) is 0 Å². The van der Waals surface area contributed by atoms with Crippen molar-refractivity contribution in [2.24, 2.45) is 7.05 Å². The Morgan fingerprint density at radius 3 is 2.04 bits per heavy atom. The summed E-state index contributed by atoms with van der Waals surface area (Å²) in [5, 5.41) is 35.1. The third-order valence-electron chi connectivity index (χ3n) is 11.4. The number of aromatic amines is 2. The van der Waals surface area contributed by atoms with Crippen LogP contribution in [0.25, 0.3) is 22.3 Å². The van der Waals surface area contributed by atoms with E-state index >= 15 is 0 Å². The topological polar surface area (TPSA) is 514 Å². The second-order valence-electron chi connectivity index (χ2n) is 16.0. The number of nitrogen functional groups attached to an aromatic ring is 1. The maximum absolute atomic E-state index is 13.5. The highest BCUT2D eigenvalue weighted by Crippen LogP contribution is 2.63. The van der Waals surface area contributed by atoms with Crippen molar-refractivity contribution < 1.29 is 108 Å². The van der Waals surface area contributed by atoms with E-state index in [1.807, 2.05) is 4.98 Å². The van der Waals surface area contributed by atoms with Crippen molar-refractivity contribution in [3.05, 3.63) is 62.4 Å². The quantitative estimate of drug-likeness (QED) is 0.0265. The fourth-order valence-corrected chi connectivity index (χ4v) is 12.5. The summed E-state index contributed by atoms with van der Waals surface area (Å²) in [6.45, 7) is -3.59. The molecule has 408 valence electrons. The van der Waals surface area contributed by atoms with Crippen molar-refractivity contribution in [2.75, 3.05) is 52.1 Å². The summed E-state index contributed by atoms with van der Waals surface area (Å²) < 4.78 is 112. The number of aromatic nitrogens is 10. The highest BCUT2D eigenvalue weighted by molar-refractivity contribution is 7.65. The lowest BCUT2D eigenvalue weighted by atomic mass is 10.1. The van der Waals surface area contributed by atoms with Crippen LogP contribution in [-0.4, -0.2) is 155 Å². The fraction of sp³-hybridized carbons (Fsp3) is 0.576. The molecule has 0 aliphatic carbocycles. The van der Waals surface area contributed by atoms with Crippen molar-refractivity contribution in [1.82, 2.24) is 43.6 Å². The molecule has 8 N–H and O–H groups in total. The lowest BCUT2D eigenvalue weighted by molar-refractivity contribution is -0.745. The smallest absolute Gasteiger partial charge is 0.330 e. The molecule has 5 aromatic heterocycles. The molecule has 8 rings (SSSR count). The van der Waals surface area contributed by atoms with E-state index in [-0.39, 0.29) is 34.1 Å². The number of aryl methyl sites for hydroxylation is 1. The summed E-state index contributed by atoms with van der Waals surface area (Å²) in [5.74, 6) is -0.0747. The van der Waals surface area contributed by atoms with Crippen LogP contribution in [0.4, 0.5) is 11.8 Å². The highest BCUT2D eigenvalue weighted by atomic mass is 31.3. The van der Waals surface area contributed by atoms with Crippen molar-refractivity contribution >= 4 is 65.4 Å². The number of nitrogens with two attached hydrogens (primary N) is 1. The zero-order valence-electron chi connectivity index (χ0n) is 38.2. The van der Waals surface area contributed by atoms with Gasteiger partial charge < -0.3 is 87.7 Å². The summed E-state index contributed by atoms with van der Waals surface area (Å²) in [6.07, 6.45) is -15.5. The molecule has 8 heterocycles. The van der Waals surface area contributed by atoms with Gasteiger partial charge in [0.25, 0.3) is 48.4 Å². The number of hydrogen-bond donors (Lipinski definition) is 7. The summed E-state index contributed by atoms with van der Waals surface area (Å²) in [7, 11) is -19.6. The average molecular weight is 1130 g/mol. The number of H-pyrrole nitrogens is 2. The molecule has 3 aliphatic rings. The molecule has 0 saturated carbocycles. The summed E-state index contributed by atoms with van der Waals surface area (Å²) in [5.41, 5.74) is 3.32. The third kappa shape index (κ3) is 11.5. The summed E-state index contributed by atoms with van der Waals surface area (Å²) >= 11 is 0. The van der Waals surface area contributed by atoms with E-state index in [0.29, 0.717) is 4.57 Å². The summed E-state index contributed by atoms with van der Waals surface area (Å²) in [6, 6.07) is 0.909. The first-order valence-electron chi connectivity index (χ1n) is 21.0. The number of phosphoric ester groups is 3. The molecule has 37 nitrogen and oxygen atoms in total. The van der Waals surface area contributed by atoms with Crippen molar-refractivity contribution in [2.45, 2.75) is 73.6 Å². The van der Waals surface area contributed by atoms with Crippen LogP contribution in [0.15, 0.2) is 45.6 Å². The first-order valence-corrected chi connectivity index (χ1v) is 26.9. The predicted molar refractivity (Wildman–Crippen MR) is 229 cm³/mol. The number of methoxy groups -OCH3 is 2. The predicted octanol–water partition coefficient (Wildman–Crippen LogP) is -6.29. The molecule has 7 unspecified atom stereocenters. The first kappa shape index (κ1) is 55.6. The molecule has 3 saturated heterocycles. The third-order valence-corrected chi connectivity index (χ3v) is 16.5. The van der Waals surface area contributed by atoms with Gasteiger partial charge in [-0.1, -0.05) is 4.98 Å². The maximum atomic E-state index is 13.5. The minimum Gasteiger partial charge on any atom is -0.756 e. The number of hydrogen-bond acceptors (Lipinski definition) is 31. The van der Waals surface area contributed by atoms with Crippen LogP contribution >= 0.6 is 31.3 Å². The number of aliphatic hydroxyl groups is 3. The van der Waals surface area contributed by atoms with Gasteiger partial charge in [0.15, 0.2) is 30.2 Å². The monoisotopic (exact) mass is 1130 g/mol. The Bertz CT molecular complexity index is 3260. The molecular formula is C33H43N12O25P4-3. The molecule has 0 spiro atoms. The van der Waals surface area contributed by atoms with E-state index in [2.05, 4.69) is 43.4 Å². The lowest BCUT2D eigenvalue weighted by Crippen LogP contribution is -2.46. The zero-order chi connectivity index (χ0) is 53.8. The average Bonchev–Trinajstić information content (AvgIpc) is 4.11. The van der Waals surface area contributed by atoms with Crippen LogP contribution in [0.5, 0.6) is 0 Å². The van der Waals surface area contributed by atoms with Crippen LogP contribution in [0.3, 0.4) is 0 Å². The van der Waals surface area contributed by atoms with Gasteiger partial charge in [0.1, 0.15) is 66.8 Å². The van der Waals surface area contributed by atoms with Crippen LogP contribution < -0.4 is 52.0 Å². The fourth-order valence-electron chi connectivity index (χ4n) is 8.20. The Labute approximate surface area is 411 Å². The largest absolute Gasteiger partial charge is 0.756 e. The second-order valence-corrected chi connectivity index (χ2v) is 21.9. The van der Waals surface area contributed by atoms with E-state index in [0.717, 1.165) is 39.1 Å². The van der Waals surface area contributed by atoms with E-state index in [1.165, 1.54) is 34.1 Å². The Morgan fingerprint density at radius 1 is 0.784 bits per heavy atom. The number of anilines is 2. The van der Waals surface area contributed by atoms with Crippen LogP contribution in [0, 0.1) is 0 Å². The van der Waals surface area contributed by atoms with Gasteiger partial charge in [-0.25, -0.2) is 32.9 Å². The minimum absolute atomic E-state index is 0.00211. The molecule has 0 bridgehead atoms. The van der Waals surface area contributed by atoms with Crippen LogP contribution in [0.1, 0.15) is 18.7 Å². The van der Waals surface area contributed by atoms with E-state index < -0.39 is 142 Å².